The summed E-state index contributed by atoms with van der Waals surface area (Å²) in [7, 11) is 4.81. The van der Waals surface area contributed by atoms with Crippen molar-refractivity contribution in [2.24, 2.45) is 0 Å². The fraction of sp³-hybridized carbons (Fsp3) is 0.136. The van der Waals surface area contributed by atoms with Crippen LogP contribution in [0.1, 0.15) is 0 Å². The Morgan fingerprint density at radius 3 is 2.19 bits per heavy atom. The first kappa shape index (κ1) is 17.0. The van der Waals surface area contributed by atoms with Gasteiger partial charge in [0, 0.05) is 28.2 Å². The lowest BCUT2D eigenvalue weighted by Crippen LogP contribution is -1.96. The zero-order valence-electron chi connectivity index (χ0n) is 15.4. The number of nitrogens with zero attached hydrogens (tertiary/aromatic N) is 1. The molecule has 5 heteroatoms. The van der Waals surface area contributed by atoms with E-state index in [2.05, 4.69) is 17.1 Å². The normalized spacial score (nSPS) is 10.8. The van der Waals surface area contributed by atoms with Gasteiger partial charge < -0.3 is 19.2 Å². The predicted octanol–water partition coefficient (Wildman–Crippen LogP) is 4.92. The highest BCUT2D eigenvalue weighted by atomic mass is 16.5. The third kappa shape index (κ3) is 2.97. The van der Waals surface area contributed by atoms with Gasteiger partial charge in [0.1, 0.15) is 0 Å². The summed E-state index contributed by atoms with van der Waals surface area (Å²) in [5.41, 5.74) is 4.79. The van der Waals surface area contributed by atoms with Gasteiger partial charge in [0.2, 0.25) is 5.75 Å². The van der Waals surface area contributed by atoms with Gasteiger partial charge in [0.05, 0.1) is 32.7 Å². The van der Waals surface area contributed by atoms with Crippen LogP contribution < -0.4 is 14.2 Å². The van der Waals surface area contributed by atoms with E-state index in [1.165, 1.54) is 0 Å². The van der Waals surface area contributed by atoms with Gasteiger partial charge in [-0.2, -0.15) is 0 Å². The molecule has 0 aliphatic rings. The Morgan fingerprint density at radius 1 is 0.778 bits per heavy atom. The molecule has 0 unspecified atom stereocenters. The number of hydrogen-bond acceptors (Lipinski definition) is 4. The maximum atomic E-state index is 5.46. The molecule has 136 valence electrons. The number of hydrogen-bond donors (Lipinski definition) is 1. The third-order valence-corrected chi connectivity index (χ3v) is 4.57. The van der Waals surface area contributed by atoms with Gasteiger partial charge in [-0.25, -0.2) is 4.98 Å². The van der Waals surface area contributed by atoms with Gasteiger partial charge in [-0.05, 0) is 30.3 Å². The zero-order valence-corrected chi connectivity index (χ0v) is 15.4. The largest absolute Gasteiger partial charge is 0.493 e. The minimum absolute atomic E-state index is 0.566. The number of aromatic nitrogens is 2. The quantitative estimate of drug-likeness (QED) is 0.549. The SMILES string of the molecule is COc1cc(-c2cccc(-c3c[nH]c4ccccc34)n2)cc(OC)c1OC. The summed E-state index contributed by atoms with van der Waals surface area (Å²) in [6, 6.07) is 18.0. The van der Waals surface area contributed by atoms with Gasteiger partial charge in [-0.3, -0.25) is 0 Å². The Hall–Kier alpha value is -3.47. The van der Waals surface area contributed by atoms with Gasteiger partial charge in [-0.15, -0.1) is 0 Å². The van der Waals surface area contributed by atoms with Gasteiger partial charge in [0.15, 0.2) is 11.5 Å². The number of methoxy groups -OCH3 is 3. The van der Waals surface area contributed by atoms with Crippen LogP contribution in [0, 0.1) is 0 Å². The van der Waals surface area contributed by atoms with Crippen LogP contribution in [-0.2, 0) is 0 Å². The molecule has 0 bridgehead atoms. The van der Waals surface area contributed by atoms with Crippen molar-refractivity contribution in [2.75, 3.05) is 21.3 Å². The second-order valence-electron chi connectivity index (χ2n) is 6.07. The minimum Gasteiger partial charge on any atom is -0.493 e. The highest BCUT2D eigenvalue weighted by molar-refractivity contribution is 5.94. The van der Waals surface area contributed by atoms with Crippen molar-refractivity contribution in [3.63, 3.8) is 0 Å². The molecule has 5 nitrogen and oxygen atoms in total. The van der Waals surface area contributed by atoms with Crippen molar-refractivity contribution in [2.45, 2.75) is 0 Å². The van der Waals surface area contributed by atoms with Gasteiger partial charge >= 0.3 is 0 Å². The lowest BCUT2D eigenvalue weighted by Gasteiger charge is -2.14. The fourth-order valence-corrected chi connectivity index (χ4v) is 3.26. The Labute approximate surface area is 157 Å². The molecule has 0 aliphatic heterocycles. The molecule has 2 heterocycles. The van der Waals surface area contributed by atoms with Crippen molar-refractivity contribution in [3.8, 4) is 39.8 Å². The number of fused-ring (bicyclic) bond motifs is 1. The molecule has 0 amide bonds. The first-order chi connectivity index (χ1) is 13.2. The molecule has 27 heavy (non-hydrogen) atoms. The van der Waals surface area contributed by atoms with Crippen LogP contribution in [0.4, 0.5) is 0 Å². The predicted molar refractivity (Wildman–Crippen MR) is 107 cm³/mol. The third-order valence-electron chi connectivity index (χ3n) is 4.57. The molecule has 0 fully saturated rings. The summed E-state index contributed by atoms with van der Waals surface area (Å²) >= 11 is 0. The molecule has 0 saturated carbocycles. The van der Waals surface area contributed by atoms with Crippen LogP contribution in [0.2, 0.25) is 0 Å². The lowest BCUT2D eigenvalue weighted by molar-refractivity contribution is 0.324. The number of ether oxygens (including phenoxy) is 3. The average Bonchev–Trinajstić information content (AvgIpc) is 3.17. The first-order valence-corrected chi connectivity index (χ1v) is 8.59. The van der Waals surface area contributed by atoms with E-state index in [0.29, 0.717) is 17.2 Å². The molecule has 2 aromatic heterocycles. The summed E-state index contributed by atoms with van der Waals surface area (Å²) < 4.78 is 16.3. The number of H-pyrrole nitrogens is 1. The van der Waals surface area contributed by atoms with E-state index in [9.17, 15) is 0 Å². The van der Waals surface area contributed by atoms with Crippen LogP contribution in [0.25, 0.3) is 33.4 Å². The molecule has 1 N–H and O–H groups in total. The molecule has 0 spiro atoms. The van der Waals surface area contributed by atoms with Crippen molar-refractivity contribution >= 4 is 10.9 Å². The Bertz CT molecular complexity index is 1080. The van der Waals surface area contributed by atoms with E-state index >= 15 is 0 Å². The van der Waals surface area contributed by atoms with E-state index in [1.807, 2.05) is 48.7 Å². The molecule has 4 aromatic rings. The highest BCUT2D eigenvalue weighted by Gasteiger charge is 2.15. The maximum Gasteiger partial charge on any atom is 0.203 e. The average molecular weight is 360 g/mol. The van der Waals surface area contributed by atoms with E-state index < -0.39 is 0 Å². The topological polar surface area (TPSA) is 56.4 Å². The summed E-state index contributed by atoms with van der Waals surface area (Å²) in [4.78, 5) is 8.17. The number of benzene rings is 2. The van der Waals surface area contributed by atoms with Crippen LogP contribution in [-0.4, -0.2) is 31.3 Å². The molecule has 0 aliphatic carbocycles. The zero-order chi connectivity index (χ0) is 18.8. The van der Waals surface area contributed by atoms with E-state index in [-0.39, 0.29) is 0 Å². The van der Waals surface area contributed by atoms with E-state index in [1.54, 1.807) is 21.3 Å². The second kappa shape index (κ2) is 7.03. The number of pyridine rings is 1. The van der Waals surface area contributed by atoms with E-state index in [0.717, 1.165) is 33.4 Å². The van der Waals surface area contributed by atoms with E-state index in [4.69, 9.17) is 19.2 Å². The number of para-hydroxylation sites is 1. The summed E-state index contributed by atoms with van der Waals surface area (Å²) in [5.74, 6) is 1.77. The maximum absolute atomic E-state index is 5.46. The molecule has 0 atom stereocenters. The molecular weight excluding hydrogens is 340 g/mol. The van der Waals surface area contributed by atoms with Crippen molar-refractivity contribution in [1.29, 1.82) is 0 Å². The Balaban J connectivity index is 1.84. The molecule has 0 saturated heterocycles. The minimum atomic E-state index is 0.566. The van der Waals surface area contributed by atoms with Crippen LogP contribution >= 0.6 is 0 Å². The monoisotopic (exact) mass is 360 g/mol. The van der Waals surface area contributed by atoms with Crippen LogP contribution in [0.3, 0.4) is 0 Å². The summed E-state index contributed by atoms with van der Waals surface area (Å²) in [6.07, 6.45) is 1.99. The van der Waals surface area contributed by atoms with Crippen LogP contribution in [0.15, 0.2) is 60.8 Å². The van der Waals surface area contributed by atoms with Gasteiger partial charge in [0.25, 0.3) is 0 Å². The molecular formula is C22H20N2O3. The summed E-state index contributed by atoms with van der Waals surface area (Å²) in [6.45, 7) is 0. The number of nitrogens with one attached hydrogen (secondary N) is 1. The smallest absolute Gasteiger partial charge is 0.203 e. The van der Waals surface area contributed by atoms with Crippen molar-refractivity contribution < 1.29 is 14.2 Å². The summed E-state index contributed by atoms with van der Waals surface area (Å²) in [5, 5.41) is 1.15. The highest BCUT2D eigenvalue weighted by Crippen LogP contribution is 2.41. The first-order valence-electron chi connectivity index (χ1n) is 8.59. The van der Waals surface area contributed by atoms with Crippen LogP contribution in [0.5, 0.6) is 17.2 Å². The standard InChI is InChI=1S/C22H20N2O3/c1-25-20-11-14(12-21(26-2)22(20)27-3)17-9-6-10-19(24-17)16-13-23-18-8-5-4-7-15(16)18/h4-13,23H,1-3H3. The number of aromatic amines is 1. The molecule has 0 radical (unpaired) electrons. The Morgan fingerprint density at radius 2 is 1.48 bits per heavy atom. The van der Waals surface area contributed by atoms with Crippen molar-refractivity contribution in [1.82, 2.24) is 9.97 Å². The van der Waals surface area contributed by atoms with Crippen molar-refractivity contribution in [3.05, 3.63) is 60.8 Å². The Kier molecular flexibility index (Phi) is 4.42. The molecule has 4 rings (SSSR count). The lowest BCUT2D eigenvalue weighted by atomic mass is 10.1. The second-order valence-corrected chi connectivity index (χ2v) is 6.07. The van der Waals surface area contributed by atoms with Gasteiger partial charge in [-0.1, -0.05) is 24.3 Å². The molecule has 2 aromatic carbocycles. The fourth-order valence-electron chi connectivity index (χ4n) is 3.26. The number of rotatable bonds is 5.